The van der Waals surface area contributed by atoms with Gasteiger partial charge >= 0.3 is 0 Å². The number of fused-ring (bicyclic) bond motifs is 1. The SMILES string of the molecule is Cc1ccc2c(c1)C(C)(C)C(=O)N2CCN1CCC(C(=O)c2ccc(F)cc2)CC1.Cl. The van der Waals surface area contributed by atoms with Crippen LogP contribution in [0.4, 0.5) is 10.1 Å². The van der Waals surface area contributed by atoms with E-state index in [-0.39, 0.29) is 35.8 Å². The highest BCUT2D eigenvalue weighted by Crippen LogP contribution is 2.41. The fourth-order valence-electron chi connectivity index (χ4n) is 4.68. The van der Waals surface area contributed by atoms with Gasteiger partial charge in [-0.25, -0.2) is 4.39 Å². The Morgan fingerprint density at radius 2 is 1.71 bits per heavy atom. The van der Waals surface area contributed by atoms with E-state index in [9.17, 15) is 14.0 Å². The molecule has 0 N–H and O–H groups in total. The van der Waals surface area contributed by atoms with Crippen molar-refractivity contribution in [2.75, 3.05) is 31.1 Å². The first-order valence-electron chi connectivity index (χ1n) is 10.7. The Hall–Kier alpha value is -2.24. The van der Waals surface area contributed by atoms with E-state index in [2.05, 4.69) is 30.0 Å². The van der Waals surface area contributed by atoms with Crippen molar-refractivity contribution in [1.82, 2.24) is 4.90 Å². The molecule has 6 heteroatoms. The summed E-state index contributed by atoms with van der Waals surface area (Å²) in [5, 5.41) is 0. The lowest BCUT2D eigenvalue weighted by Gasteiger charge is -2.32. The summed E-state index contributed by atoms with van der Waals surface area (Å²) in [7, 11) is 0. The molecular weight excluding hydrogens is 415 g/mol. The number of rotatable bonds is 5. The van der Waals surface area contributed by atoms with Crippen LogP contribution < -0.4 is 4.90 Å². The summed E-state index contributed by atoms with van der Waals surface area (Å²) in [6.45, 7) is 9.19. The molecule has 1 saturated heterocycles. The summed E-state index contributed by atoms with van der Waals surface area (Å²) in [5.74, 6) is -0.0691. The van der Waals surface area contributed by atoms with Gasteiger partial charge in [0.1, 0.15) is 5.82 Å². The summed E-state index contributed by atoms with van der Waals surface area (Å²) < 4.78 is 13.1. The summed E-state index contributed by atoms with van der Waals surface area (Å²) >= 11 is 0. The van der Waals surface area contributed by atoms with E-state index in [0.29, 0.717) is 12.1 Å². The van der Waals surface area contributed by atoms with E-state index in [1.165, 1.54) is 17.7 Å². The average molecular weight is 445 g/mol. The maximum Gasteiger partial charge on any atom is 0.237 e. The number of nitrogens with zero attached hydrogens (tertiary/aromatic N) is 2. The highest BCUT2D eigenvalue weighted by Gasteiger charge is 2.43. The fraction of sp³-hybridized carbons (Fsp3) is 0.440. The lowest BCUT2D eigenvalue weighted by molar-refractivity contribution is -0.122. The minimum atomic E-state index is -0.490. The molecule has 0 radical (unpaired) electrons. The Bertz CT molecular complexity index is 966. The third-order valence-electron chi connectivity index (χ3n) is 6.62. The summed E-state index contributed by atoms with van der Waals surface area (Å²) in [4.78, 5) is 30.0. The number of ketones is 1. The van der Waals surface area contributed by atoms with Crippen LogP contribution in [0.5, 0.6) is 0 Å². The van der Waals surface area contributed by atoms with Gasteiger partial charge in [-0.3, -0.25) is 9.59 Å². The summed E-state index contributed by atoms with van der Waals surface area (Å²) in [6.07, 6.45) is 1.59. The van der Waals surface area contributed by atoms with Crippen molar-refractivity contribution in [2.24, 2.45) is 5.92 Å². The third-order valence-corrected chi connectivity index (χ3v) is 6.62. The van der Waals surface area contributed by atoms with Crippen LogP contribution in [0, 0.1) is 18.7 Å². The van der Waals surface area contributed by atoms with Gasteiger partial charge in [0.05, 0.1) is 5.41 Å². The Morgan fingerprint density at radius 1 is 1.06 bits per heavy atom. The number of amides is 1. The second-order valence-electron chi connectivity index (χ2n) is 9.09. The van der Waals surface area contributed by atoms with Gasteiger partial charge in [-0.05, 0) is 82.6 Å². The Kier molecular flexibility index (Phi) is 6.87. The molecule has 1 fully saturated rings. The lowest BCUT2D eigenvalue weighted by atomic mass is 9.85. The van der Waals surface area contributed by atoms with Crippen molar-refractivity contribution in [1.29, 1.82) is 0 Å². The molecule has 2 heterocycles. The van der Waals surface area contributed by atoms with Crippen LogP contribution in [0.25, 0.3) is 0 Å². The van der Waals surface area contributed by atoms with Gasteiger partial charge < -0.3 is 9.80 Å². The van der Waals surface area contributed by atoms with Crippen LogP contribution >= 0.6 is 12.4 Å². The van der Waals surface area contributed by atoms with Crippen molar-refractivity contribution in [3.8, 4) is 0 Å². The Balaban J connectivity index is 0.00000272. The van der Waals surface area contributed by atoms with Gasteiger partial charge in [0.15, 0.2) is 5.78 Å². The highest BCUT2D eigenvalue weighted by molar-refractivity contribution is 6.07. The molecule has 2 aliphatic heterocycles. The Labute approximate surface area is 189 Å². The number of carbonyl (C=O) groups excluding carboxylic acids is 2. The molecule has 4 nitrogen and oxygen atoms in total. The van der Waals surface area contributed by atoms with Gasteiger partial charge in [0.2, 0.25) is 5.91 Å². The van der Waals surface area contributed by atoms with E-state index in [1.807, 2.05) is 18.7 Å². The lowest BCUT2D eigenvalue weighted by Crippen LogP contribution is -2.43. The highest BCUT2D eigenvalue weighted by atomic mass is 35.5. The topological polar surface area (TPSA) is 40.6 Å². The summed E-state index contributed by atoms with van der Waals surface area (Å²) in [5.41, 5.74) is 3.40. The molecule has 0 aromatic heterocycles. The monoisotopic (exact) mass is 444 g/mol. The molecule has 4 rings (SSSR count). The Morgan fingerprint density at radius 3 is 2.35 bits per heavy atom. The smallest absolute Gasteiger partial charge is 0.237 e. The van der Waals surface area contributed by atoms with E-state index >= 15 is 0 Å². The zero-order valence-electron chi connectivity index (χ0n) is 18.4. The van der Waals surface area contributed by atoms with Gasteiger partial charge in [0, 0.05) is 30.3 Å². The molecule has 0 bridgehead atoms. The first kappa shape index (κ1) is 23.4. The molecule has 31 heavy (non-hydrogen) atoms. The maximum atomic E-state index is 13.1. The number of likely N-dealkylation sites (tertiary alicyclic amines) is 1. The predicted molar refractivity (Wildman–Crippen MR) is 124 cm³/mol. The van der Waals surface area contributed by atoms with Crippen LogP contribution in [0.3, 0.4) is 0 Å². The first-order chi connectivity index (χ1) is 14.3. The zero-order chi connectivity index (χ0) is 21.5. The standard InChI is InChI=1S/C25H29FN2O2.ClH/c1-17-4-9-22-21(16-17)25(2,3)24(30)28(22)15-14-27-12-10-19(11-13-27)23(29)18-5-7-20(26)8-6-18;/h4-9,16,19H,10-15H2,1-3H3;1H. The number of hydrogen-bond donors (Lipinski definition) is 0. The number of benzene rings is 2. The van der Waals surface area contributed by atoms with Gasteiger partial charge in [0.25, 0.3) is 0 Å². The molecule has 0 aliphatic carbocycles. The second kappa shape index (κ2) is 9.09. The minimum absolute atomic E-state index is 0. The average Bonchev–Trinajstić information content (AvgIpc) is 2.92. The summed E-state index contributed by atoms with van der Waals surface area (Å²) in [6, 6.07) is 12.1. The number of Topliss-reactive ketones (excluding diaryl/α,β-unsaturated/α-hetero) is 1. The van der Waals surface area contributed by atoms with E-state index in [4.69, 9.17) is 0 Å². The molecular formula is C25H30ClFN2O2. The molecule has 166 valence electrons. The number of hydrogen-bond acceptors (Lipinski definition) is 3. The molecule has 2 aliphatic rings. The molecule has 2 aromatic rings. The van der Waals surface area contributed by atoms with Crippen LogP contribution in [0.2, 0.25) is 0 Å². The number of carbonyl (C=O) groups is 2. The van der Waals surface area contributed by atoms with E-state index in [1.54, 1.807) is 12.1 Å². The van der Waals surface area contributed by atoms with Crippen LogP contribution in [-0.4, -0.2) is 42.8 Å². The molecule has 0 atom stereocenters. The van der Waals surface area contributed by atoms with Gasteiger partial charge in [-0.1, -0.05) is 17.7 Å². The van der Waals surface area contributed by atoms with Crippen molar-refractivity contribution in [2.45, 2.75) is 39.0 Å². The van der Waals surface area contributed by atoms with Gasteiger partial charge in [-0.15, -0.1) is 12.4 Å². The largest absolute Gasteiger partial charge is 0.310 e. The van der Waals surface area contributed by atoms with Crippen molar-refractivity contribution in [3.63, 3.8) is 0 Å². The number of halogens is 2. The molecule has 0 saturated carbocycles. The quantitative estimate of drug-likeness (QED) is 0.623. The third kappa shape index (κ3) is 4.53. The fourth-order valence-corrected chi connectivity index (χ4v) is 4.68. The molecule has 0 unspecified atom stereocenters. The molecule has 2 aromatic carbocycles. The number of anilines is 1. The van der Waals surface area contributed by atoms with E-state index in [0.717, 1.165) is 43.7 Å². The number of piperidine rings is 1. The van der Waals surface area contributed by atoms with E-state index < -0.39 is 5.41 Å². The van der Waals surface area contributed by atoms with Crippen LogP contribution in [0.1, 0.15) is 48.2 Å². The first-order valence-corrected chi connectivity index (χ1v) is 10.7. The van der Waals surface area contributed by atoms with Crippen LogP contribution in [-0.2, 0) is 10.2 Å². The minimum Gasteiger partial charge on any atom is -0.310 e. The van der Waals surface area contributed by atoms with Crippen molar-refractivity contribution < 1.29 is 14.0 Å². The van der Waals surface area contributed by atoms with Gasteiger partial charge in [-0.2, -0.15) is 0 Å². The second-order valence-corrected chi connectivity index (χ2v) is 9.09. The van der Waals surface area contributed by atoms with Crippen molar-refractivity contribution >= 4 is 29.8 Å². The van der Waals surface area contributed by atoms with Crippen molar-refractivity contribution in [3.05, 3.63) is 65.0 Å². The zero-order valence-corrected chi connectivity index (χ0v) is 19.2. The normalized spacial score (nSPS) is 18.6. The molecule has 0 spiro atoms. The molecule has 1 amide bonds. The number of aryl methyl sites for hydroxylation is 1. The predicted octanol–water partition coefficient (Wildman–Crippen LogP) is 4.78. The maximum absolute atomic E-state index is 13.1. The van der Waals surface area contributed by atoms with Crippen LogP contribution in [0.15, 0.2) is 42.5 Å².